The molecule has 0 aliphatic carbocycles. The second kappa shape index (κ2) is 8.24. The number of nitrogens with zero attached hydrogens (tertiary/aromatic N) is 1. The first-order chi connectivity index (χ1) is 11.5. The quantitative estimate of drug-likeness (QED) is 0.766. The maximum atomic E-state index is 12.3. The third-order valence-electron chi connectivity index (χ3n) is 3.83. The molecule has 0 spiro atoms. The molecule has 0 saturated heterocycles. The number of pyridine rings is 1. The minimum absolute atomic E-state index is 0.281. The second-order valence-corrected chi connectivity index (χ2v) is 6.12. The monoisotopic (exact) mass is 325 g/mol. The lowest BCUT2D eigenvalue weighted by Gasteiger charge is -2.22. The molecule has 5 heteroatoms. The summed E-state index contributed by atoms with van der Waals surface area (Å²) >= 11 is 0. The zero-order valence-electron chi connectivity index (χ0n) is 14.1. The summed E-state index contributed by atoms with van der Waals surface area (Å²) < 4.78 is 0. The molecule has 5 nitrogen and oxygen atoms in total. The number of nitrogens with one attached hydrogen (secondary N) is 2. The first kappa shape index (κ1) is 17.7. The number of rotatable bonds is 7. The molecule has 0 bridgehead atoms. The molecule has 0 saturated carbocycles. The highest BCUT2D eigenvalue weighted by Crippen LogP contribution is 2.15. The Morgan fingerprint density at radius 3 is 2.29 bits per heavy atom. The van der Waals surface area contributed by atoms with Crippen LogP contribution in [0.2, 0.25) is 0 Å². The maximum absolute atomic E-state index is 12.3. The standard InChI is InChI=1S/C19H23N3O2/c1-19(2,18(24)22-14-16-10-6-7-12-20-16)17(23)21-13-11-15-8-4-3-5-9-15/h3-10,12H,11,13-14H2,1-2H3,(H,21,23)(H,22,24). The summed E-state index contributed by atoms with van der Waals surface area (Å²) in [6.07, 6.45) is 2.40. The van der Waals surface area contributed by atoms with Crippen LogP contribution >= 0.6 is 0 Å². The lowest BCUT2D eigenvalue weighted by atomic mass is 9.91. The Kier molecular flexibility index (Phi) is 6.07. The molecule has 2 amide bonds. The molecule has 0 aliphatic rings. The van der Waals surface area contributed by atoms with Gasteiger partial charge in [0.15, 0.2) is 0 Å². The summed E-state index contributed by atoms with van der Waals surface area (Å²) in [5.74, 6) is -0.595. The van der Waals surface area contributed by atoms with E-state index < -0.39 is 5.41 Å². The fraction of sp³-hybridized carbons (Fsp3) is 0.316. The van der Waals surface area contributed by atoms with E-state index in [1.54, 1.807) is 20.0 Å². The summed E-state index contributed by atoms with van der Waals surface area (Å²) in [5.41, 5.74) is 0.771. The van der Waals surface area contributed by atoms with Crippen LogP contribution in [0.15, 0.2) is 54.7 Å². The van der Waals surface area contributed by atoms with Gasteiger partial charge < -0.3 is 10.6 Å². The van der Waals surface area contributed by atoms with Crippen LogP contribution in [0.4, 0.5) is 0 Å². The lowest BCUT2D eigenvalue weighted by Crippen LogP contribution is -2.48. The van der Waals surface area contributed by atoms with Gasteiger partial charge in [-0.25, -0.2) is 0 Å². The van der Waals surface area contributed by atoms with Crippen molar-refractivity contribution >= 4 is 11.8 Å². The molecule has 1 heterocycles. The van der Waals surface area contributed by atoms with Crippen LogP contribution in [0.1, 0.15) is 25.1 Å². The van der Waals surface area contributed by atoms with Gasteiger partial charge >= 0.3 is 0 Å². The molecule has 126 valence electrons. The Bertz CT molecular complexity index is 670. The van der Waals surface area contributed by atoms with Gasteiger partial charge in [0, 0.05) is 12.7 Å². The predicted molar refractivity (Wildman–Crippen MR) is 93.0 cm³/mol. The van der Waals surface area contributed by atoms with Crippen LogP contribution in [-0.2, 0) is 22.6 Å². The van der Waals surface area contributed by atoms with Gasteiger partial charge in [-0.15, -0.1) is 0 Å². The highest BCUT2D eigenvalue weighted by atomic mass is 16.2. The van der Waals surface area contributed by atoms with Crippen molar-refractivity contribution in [2.24, 2.45) is 5.41 Å². The highest BCUT2D eigenvalue weighted by Gasteiger charge is 2.35. The zero-order chi connectivity index (χ0) is 17.4. The molecule has 2 N–H and O–H groups in total. The fourth-order valence-electron chi connectivity index (χ4n) is 2.18. The molecule has 1 aromatic heterocycles. The number of benzene rings is 1. The molecule has 1 aromatic carbocycles. The van der Waals surface area contributed by atoms with Crippen LogP contribution < -0.4 is 10.6 Å². The van der Waals surface area contributed by atoms with E-state index in [1.165, 1.54) is 0 Å². The zero-order valence-corrected chi connectivity index (χ0v) is 14.1. The van der Waals surface area contributed by atoms with Crippen molar-refractivity contribution in [3.8, 4) is 0 Å². The number of carbonyl (C=O) groups excluding carboxylic acids is 2. The van der Waals surface area contributed by atoms with Gasteiger partial charge in [-0.3, -0.25) is 14.6 Å². The van der Waals surface area contributed by atoms with Crippen LogP contribution in [0, 0.1) is 5.41 Å². The van der Waals surface area contributed by atoms with Crippen LogP contribution in [0.5, 0.6) is 0 Å². The van der Waals surface area contributed by atoms with Crippen molar-refractivity contribution in [1.82, 2.24) is 15.6 Å². The molecule has 0 fully saturated rings. The molecular weight excluding hydrogens is 302 g/mol. The van der Waals surface area contributed by atoms with E-state index >= 15 is 0 Å². The van der Waals surface area contributed by atoms with E-state index in [0.29, 0.717) is 13.1 Å². The van der Waals surface area contributed by atoms with Gasteiger partial charge in [-0.1, -0.05) is 36.4 Å². The van der Waals surface area contributed by atoms with E-state index in [9.17, 15) is 9.59 Å². The Morgan fingerprint density at radius 1 is 0.958 bits per heavy atom. The van der Waals surface area contributed by atoms with Gasteiger partial charge in [-0.2, -0.15) is 0 Å². The summed E-state index contributed by atoms with van der Waals surface area (Å²) in [7, 11) is 0. The van der Waals surface area contributed by atoms with E-state index in [1.807, 2.05) is 48.5 Å². The van der Waals surface area contributed by atoms with Gasteiger partial charge in [0.2, 0.25) is 11.8 Å². The minimum Gasteiger partial charge on any atom is -0.355 e. The molecule has 2 rings (SSSR count). The number of hydrogen-bond donors (Lipinski definition) is 2. The van der Waals surface area contributed by atoms with E-state index in [0.717, 1.165) is 17.7 Å². The minimum atomic E-state index is -1.13. The third kappa shape index (κ3) is 4.91. The maximum Gasteiger partial charge on any atom is 0.235 e. The van der Waals surface area contributed by atoms with Gasteiger partial charge in [-0.05, 0) is 38.0 Å². The van der Waals surface area contributed by atoms with E-state index in [2.05, 4.69) is 15.6 Å². The van der Waals surface area contributed by atoms with Gasteiger partial charge in [0.05, 0.1) is 12.2 Å². The first-order valence-corrected chi connectivity index (χ1v) is 8.00. The van der Waals surface area contributed by atoms with E-state index in [-0.39, 0.29) is 11.8 Å². The molecule has 2 aromatic rings. The fourth-order valence-corrected chi connectivity index (χ4v) is 2.18. The van der Waals surface area contributed by atoms with Crippen molar-refractivity contribution in [1.29, 1.82) is 0 Å². The van der Waals surface area contributed by atoms with Crippen molar-refractivity contribution in [2.45, 2.75) is 26.8 Å². The second-order valence-electron chi connectivity index (χ2n) is 6.12. The van der Waals surface area contributed by atoms with Crippen LogP contribution in [0.3, 0.4) is 0 Å². The SMILES string of the molecule is CC(C)(C(=O)NCCc1ccccc1)C(=O)NCc1ccccn1. The van der Waals surface area contributed by atoms with Gasteiger partial charge in [0.25, 0.3) is 0 Å². The molecule has 0 unspecified atom stereocenters. The lowest BCUT2D eigenvalue weighted by molar-refractivity contribution is -0.141. The van der Waals surface area contributed by atoms with Crippen molar-refractivity contribution in [3.63, 3.8) is 0 Å². The Morgan fingerprint density at radius 2 is 1.62 bits per heavy atom. The van der Waals surface area contributed by atoms with Gasteiger partial charge in [0.1, 0.15) is 5.41 Å². The largest absolute Gasteiger partial charge is 0.355 e. The number of amides is 2. The van der Waals surface area contributed by atoms with Crippen molar-refractivity contribution in [2.75, 3.05) is 6.54 Å². The topological polar surface area (TPSA) is 71.1 Å². The molecule has 24 heavy (non-hydrogen) atoms. The third-order valence-corrected chi connectivity index (χ3v) is 3.83. The average Bonchev–Trinajstić information content (AvgIpc) is 2.61. The Labute approximate surface area is 142 Å². The summed E-state index contributed by atoms with van der Waals surface area (Å²) in [6.45, 7) is 4.05. The Balaban J connectivity index is 1.81. The number of carbonyl (C=O) groups is 2. The summed E-state index contributed by atoms with van der Waals surface area (Å²) in [6, 6.07) is 15.4. The van der Waals surface area contributed by atoms with Crippen LogP contribution in [0.25, 0.3) is 0 Å². The highest BCUT2D eigenvalue weighted by molar-refractivity contribution is 6.04. The normalized spacial score (nSPS) is 10.9. The average molecular weight is 325 g/mol. The van der Waals surface area contributed by atoms with E-state index in [4.69, 9.17) is 0 Å². The molecular formula is C19H23N3O2. The smallest absolute Gasteiger partial charge is 0.235 e. The van der Waals surface area contributed by atoms with Crippen LogP contribution in [-0.4, -0.2) is 23.3 Å². The first-order valence-electron chi connectivity index (χ1n) is 8.00. The molecule has 0 atom stereocenters. The summed E-state index contributed by atoms with van der Waals surface area (Å²) in [4.78, 5) is 28.8. The predicted octanol–water partition coefficient (Wildman–Crippen LogP) is 2.08. The summed E-state index contributed by atoms with van der Waals surface area (Å²) in [5, 5.41) is 5.60. The van der Waals surface area contributed by atoms with Crippen molar-refractivity contribution in [3.05, 3.63) is 66.0 Å². The molecule has 0 radical (unpaired) electrons. The number of aromatic nitrogens is 1. The Hall–Kier alpha value is -2.69. The molecule has 0 aliphatic heterocycles. The van der Waals surface area contributed by atoms with Crippen molar-refractivity contribution < 1.29 is 9.59 Å². The number of hydrogen-bond acceptors (Lipinski definition) is 3.